The summed E-state index contributed by atoms with van der Waals surface area (Å²) in [5, 5.41) is 10.7. The molecule has 0 amide bonds. The van der Waals surface area contributed by atoms with Crippen LogP contribution in [0.5, 0.6) is 0 Å². The molecular weight excluding hydrogens is 330 g/mol. The van der Waals surface area contributed by atoms with Crippen molar-refractivity contribution in [2.45, 2.75) is 25.9 Å². The molecule has 1 aliphatic heterocycles. The molecule has 3 rings (SSSR count). The van der Waals surface area contributed by atoms with Crippen LogP contribution in [0.15, 0.2) is 28.9 Å². The second kappa shape index (κ2) is 5.81. The van der Waals surface area contributed by atoms with Crippen LogP contribution in [0.2, 0.25) is 0 Å². The molecule has 1 aliphatic rings. The maximum Gasteiger partial charge on any atom is 0.0956 e. The quantitative estimate of drug-likeness (QED) is 0.817. The van der Waals surface area contributed by atoms with Gasteiger partial charge in [0, 0.05) is 34.8 Å². The van der Waals surface area contributed by atoms with Crippen molar-refractivity contribution in [1.82, 2.24) is 4.98 Å². The van der Waals surface area contributed by atoms with Gasteiger partial charge in [-0.25, -0.2) is 0 Å². The molecule has 112 valence electrons. The molecule has 1 unspecified atom stereocenters. The number of halogens is 1. The van der Waals surface area contributed by atoms with E-state index in [0.717, 1.165) is 52.7 Å². The minimum Gasteiger partial charge on any atom is -0.398 e. The molecule has 1 saturated heterocycles. The molecule has 0 radical (unpaired) electrons. The average molecular weight is 350 g/mol. The first-order valence-corrected chi connectivity index (χ1v) is 8.12. The number of aromatic nitrogens is 1. The predicted octanol–water partition coefficient (Wildman–Crippen LogP) is 3.18. The Hall–Kier alpha value is -1.33. The Kier molecular flexibility index (Phi) is 4.04. The van der Waals surface area contributed by atoms with E-state index in [-0.39, 0.29) is 6.10 Å². The third kappa shape index (κ3) is 2.85. The summed E-state index contributed by atoms with van der Waals surface area (Å²) in [4.78, 5) is 6.90. The van der Waals surface area contributed by atoms with E-state index < -0.39 is 0 Å². The normalized spacial score (nSPS) is 18.1. The minimum absolute atomic E-state index is 0.218. The second-order valence-electron chi connectivity index (χ2n) is 5.79. The monoisotopic (exact) mass is 349 g/mol. The number of nitrogens with zero attached hydrogens (tertiary/aromatic N) is 2. The number of benzene rings is 1. The Labute approximate surface area is 133 Å². The number of hydrogen-bond donors (Lipinski definition) is 2. The SMILES string of the molecule is CC(O)C1CCN(c2ccc(N)c3cc(Br)cnc23)CC1. The first kappa shape index (κ1) is 14.6. The van der Waals surface area contributed by atoms with Gasteiger partial charge in [-0.15, -0.1) is 0 Å². The average Bonchev–Trinajstić information content (AvgIpc) is 2.48. The number of hydrogen-bond acceptors (Lipinski definition) is 4. The topological polar surface area (TPSA) is 62.4 Å². The van der Waals surface area contributed by atoms with E-state index in [2.05, 4.69) is 31.9 Å². The highest BCUT2D eigenvalue weighted by atomic mass is 79.9. The third-order valence-electron chi connectivity index (χ3n) is 4.39. The molecule has 21 heavy (non-hydrogen) atoms. The lowest BCUT2D eigenvalue weighted by atomic mass is 9.92. The van der Waals surface area contributed by atoms with Crippen LogP contribution >= 0.6 is 15.9 Å². The van der Waals surface area contributed by atoms with Gasteiger partial charge in [0.15, 0.2) is 0 Å². The van der Waals surface area contributed by atoms with Crippen LogP contribution in [0, 0.1) is 5.92 Å². The van der Waals surface area contributed by atoms with E-state index in [4.69, 9.17) is 5.73 Å². The predicted molar refractivity (Wildman–Crippen MR) is 90.5 cm³/mol. The fourth-order valence-corrected chi connectivity index (χ4v) is 3.41. The van der Waals surface area contributed by atoms with Gasteiger partial charge in [0.05, 0.1) is 17.3 Å². The van der Waals surface area contributed by atoms with Crippen LogP contribution in [-0.4, -0.2) is 29.3 Å². The zero-order valence-electron chi connectivity index (χ0n) is 12.1. The Morgan fingerprint density at radius 1 is 1.38 bits per heavy atom. The molecule has 0 spiro atoms. The fourth-order valence-electron chi connectivity index (χ4n) is 3.08. The summed E-state index contributed by atoms with van der Waals surface area (Å²) >= 11 is 3.45. The van der Waals surface area contributed by atoms with Crippen LogP contribution in [0.3, 0.4) is 0 Å². The van der Waals surface area contributed by atoms with Crippen LogP contribution in [0.1, 0.15) is 19.8 Å². The second-order valence-corrected chi connectivity index (χ2v) is 6.70. The van der Waals surface area contributed by atoms with Crippen molar-refractivity contribution in [2.75, 3.05) is 23.7 Å². The van der Waals surface area contributed by atoms with Crippen LogP contribution in [0.4, 0.5) is 11.4 Å². The number of fused-ring (bicyclic) bond motifs is 1. The van der Waals surface area contributed by atoms with E-state index in [1.54, 1.807) is 0 Å². The molecule has 1 fully saturated rings. The highest BCUT2D eigenvalue weighted by molar-refractivity contribution is 9.10. The van der Waals surface area contributed by atoms with Gasteiger partial charge in [-0.1, -0.05) is 0 Å². The van der Waals surface area contributed by atoms with Crippen LogP contribution in [-0.2, 0) is 0 Å². The maximum absolute atomic E-state index is 9.72. The highest BCUT2D eigenvalue weighted by Gasteiger charge is 2.24. The van der Waals surface area contributed by atoms with Gasteiger partial charge in [-0.2, -0.15) is 0 Å². The van der Waals surface area contributed by atoms with E-state index in [0.29, 0.717) is 5.92 Å². The molecule has 4 nitrogen and oxygen atoms in total. The Morgan fingerprint density at radius 3 is 2.76 bits per heavy atom. The Morgan fingerprint density at radius 2 is 2.10 bits per heavy atom. The molecule has 0 aliphatic carbocycles. The van der Waals surface area contributed by atoms with E-state index in [9.17, 15) is 5.11 Å². The zero-order chi connectivity index (χ0) is 15.0. The first-order chi connectivity index (χ1) is 10.1. The standard InChI is InChI=1S/C16H20BrN3O/c1-10(21)11-4-6-20(7-5-11)15-3-2-14(18)13-8-12(17)9-19-16(13)15/h2-3,8-11,21H,4-7,18H2,1H3. The largest absolute Gasteiger partial charge is 0.398 e. The number of piperidine rings is 1. The number of rotatable bonds is 2. The minimum atomic E-state index is -0.218. The number of nitrogen functional groups attached to an aromatic ring is 1. The number of pyridine rings is 1. The molecule has 1 atom stereocenters. The van der Waals surface area contributed by atoms with Gasteiger partial charge in [-0.3, -0.25) is 4.98 Å². The van der Waals surface area contributed by atoms with Gasteiger partial charge in [0.2, 0.25) is 0 Å². The zero-order valence-corrected chi connectivity index (χ0v) is 13.7. The van der Waals surface area contributed by atoms with Gasteiger partial charge in [-0.05, 0) is 59.8 Å². The van der Waals surface area contributed by atoms with Gasteiger partial charge in [0.1, 0.15) is 0 Å². The lowest BCUT2D eigenvalue weighted by Crippen LogP contribution is -2.37. The number of nitrogens with two attached hydrogens (primary N) is 1. The van der Waals surface area contributed by atoms with Gasteiger partial charge < -0.3 is 15.7 Å². The Balaban J connectivity index is 1.93. The number of aliphatic hydroxyl groups excluding tert-OH is 1. The van der Waals surface area contributed by atoms with E-state index in [1.165, 1.54) is 0 Å². The molecule has 2 heterocycles. The van der Waals surface area contributed by atoms with Crippen molar-refractivity contribution in [3.05, 3.63) is 28.9 Å². The molecular formula is C16H20BrN3O. The van der Waals surface area contributed by atoms with E-state index in [1.807, 2.05) is 25.3 Å². The summed E-state index contributed by atoms with van der Waals surface area (Å²) in [6, 6.07) is 6.03. The van der Waals surface area contributed by atoms with E-state index >= 15 is 0 Å². The molecule has 0 bridgehead atoms. The van der Waals surface area contributed by atoms with Crippen molar-refractivity contribution < 1.29 is 5.11 Å². The molecule has 2 aromatic rings. The Bertz CT molecular complexity index is 651. The highest BCUT2D eigenvalue weighted by Crippen LogP contribution is 2.33. The molecule has 0 saturated carbocycles. The summed E-state index contributed by atoms with van der Waals surface area (Å²) in [5.41, 5.74) is 8.91. The van der Waals surface area contributed by atoms with Gasteiger partial charge in [0.25, 0.3) is 0 Å². The van der Waals surface area contributed by atoms with Crippen molar-refractivity contribution in [1.29, 1.82) is 0 Å². The molecule has 1 aromatic carbocycles. The number of anilines is 2. The fraction of sp³-hybridized carbons (Fsp3) is 0.438. The van der Waals surface area contributed by atoms with Crippen molar-refractivity contribution in [2.24, 2.45) is 5.92 Å². The lowest BCUT2D eigenvalue weighted by Gasteiger charge is -2.35. The third-order valence-corrected chi connectivity index (χ3v) is 4.82. The first-order valence-electron chi connectivity index (χ1n) is 7.33. The molecule has 1 aromatic heterocycles. The van der Waals surface area contributed by atoms with Crippen molar-refractivity contribution in [3.63, 3.8) is 0 Å². The summed E-state index contributed by atoms with van der Waals surface area (Å²) in [6.45, 7) is 3.79. The smallest absolute Gasteiger partial charge is 0.0956 e. The van der Waals surface area contributed by atoms with Gasteiger partial charge >= 0.3 is 0 Å². The summed E-state index contributed by atoms with van der Waals surface area (Å²) < 4.78 is 0.937. The summed E-state index contributed by atoms with van der Waals surface area (Å²) in [6.07, 6.45) is 3.62. The van der Waals surface area contributed by atoms with Crippen LogP contribution in [0.25, 0.3) is 10.9 Å². The maximum atomic E-state index is 9.72. The van der Waals surface area contributed by atoms with Crippen LogP contribution < -0.4 is 10.6 Å². The van der Waals surface area contributed by atoms with Crippen molar-refractivity contribution in [3.8, 4) is 0 Å². The molecule has 3 N–H and O–H groups in total. The summed E-state index contributed by atoms with van der Waals surface area (Å²) in [5.74, 6) is 0.406. The number of aliphatic hydroxyl groups is 1. The lowest BCUT2D eigenvalue weighted by molar-refractivity contribution is 0.110. The van der Waals surface area contributed by atoms with Crippen molar-refractivity contribution >= 4 is 38.2 Å². The molecule has 5 heteroatoms. The summed E-state index contributed by atoms with van der Waals surface area (Å²) in [7, 11) is 0.